The van der Waals surface area contributed by atoms with Gasteiger partial charge in [-0.2, -0.15) is 16.1 Å². The van der Waals surface area contributed by atoms with Crippen LogP contribution in [0.1, 0.15) is 21.6 Å². The Kier molecular flexibility index (Phi) is 7.76. The third-order valence-corrected chi connectivity index (χ3v) is 8.69. The first kappa shape index (κ1) is 23.8. The lowest BCUT2D eigenvalue weighted by Crippen LogP contribution is -2.40. The van der Waals surface area contributed by atoms with Crippen LogP contribution in [0.3, 0.4) is 0 Å². The van der Waals surface area contributed by atoms with Crippen LogP contribution in [0.25, 0.3) is 0 Å². The average Bonchev–Trinajstić information content (AvgIpc) is 3.28. The average molecular weight is 508 g/mol. The predicted molar refractivity (Wildman–Crippen MR) is 127 cm³/mol. The molecule has 0 unspecified atom stereocenters. The lowest BCUT2D eigenvalue weighted by Gasteiger charge is -2.26. The fraction of sp³-hybridized carbons (Fsp3) is 0.273. The third-order valence-electron chi connectivity index (χ3n) is 4.93. The number of sulfonamides is 1. The number of aromatic nitrogens is 1. The maximum atomic E-state index is 13.0. The van der Waals surface area contributed by atoms with Gasteiger partial charge in [0.15, 0.2) is 5.13 Å². The van der Waals surface area contributed by atoms with Gasteiger partial charge in [0.25, 0.3) is 5.91 Å². The highest BCUT2D eigenvalue weighted by Gasteiger charge is 2.26. The van der Waals surface area contributed by atoms with E-state index >= 15 is 0 Å². The minimum Gasteiger partial charge on any atom is -0.379 e. The van der Waals surface area contributed by atoms with E-state index in [0.29, 0.717) is 42.8 Å². The van der Waals surface area contributed by atoms with Gasteiger partial charge in [-0.1, -0.05) is 12.1 Å². The lowest BCUT2D eigenvalue weighted by molar-refractivity contribution is 0.0730. The van der Waals surface area contributed by atoms with Crippen LogP contribution in [0, 0.1) is 5.82 Å². The molecular weight excluding hydrogens is 485 g/mol. The van der Waals surface area contributed by atoms with Crippen LogP contribution < -0.4 is 5.32 Å². The fourth-order valence-corrected chi connectivity index (χ4v) is 6.27. The second kappa shape index (κ2) is 10.7. The number of nitrogens with one attached hydrogen (secondary N) is 1. The van der Waals surface area contributed by atoms with E-state index in [1.807, 2.05) is 5.38 Å². The topological polar surface area (TPSA) is 88.6 Å². The molecule has 2 aromatic carbocycles. The highest BCUT2D eigenvalue weighted by atomic mass is 32.2. The van der Waals surface area contributed by atoms with Crippen molar-refractivity contribution in [1.82, 2.24) is 9.29 Å². The zero-order valence-corrected chi connectivity index (χ0v) is 20.0. The van der Waals surface area contributed by atoms with Crippen molar-refractivity contribution in [3.8, 4) is 0 Å². The molecule has 3 aromatic rings. The molecule has 0 spiro atoms. The summed E-state index contributed by atoms with van der Waals surface area (Å²) in [5, 5.41) is 5.11. The minimum atomic E-state index is -3.60. The van der Waals surface area contributed by atoms with Crippen molar-refractivity contribution < 1.29 is 22.3 Å². The van der Waals surface area contributed by atoms with Crippen molar-refractivity contribution in [2.45, 2.75) is 16.4 Å². The van der Waals surface area contributed by atoms with Gasteiger partial charge < -0.3 is 4.74 Å². The van der Waals surface area contributed by atoms with Crippen molar-refractivity contribution in [2.75, 3.05) is 31.6 Å². The van der Waals surface area contributed by atoms with E-state index in [1.54, 1.807) is 23.9 Å². The summed E-state index contributed by atoms with van der Waals surface area (Å²) >= 11 is 2.98. The van der Waals surface area contributed by atoms with Crippen LogP contribution in [-0.2, 0) is 26.3 Å². The zero-order chi connectivity index (χ0) is 23.3. The normalized spacial score (nSPS) is 14.8. The van der Waals surface area contributed by atoms with E-state index in [1.165, 1.54) is 52.0 Å². The number of carbonyl (C=O) groups excluding carboxylic acids is 1. The van der Waals surface area contributed by atoms with Gasteiger partial charge in [-0.15, -0.1) is 11.3 Å². The summed E-state index contributed by atoms with van der Waals surface area (Å²) in [6.45, 7) is 1.39. The van der Waals surface area contributed by atoms with Crippen molar-refractivity contribution >= 4 is 44.2 Å². The second-order valence-electron chi connectivity index (χ2n) is 7.26. The van der Waals surface area contributed by atoms with Crippen molar-refractivity contribution in [3.05, 3.63) is 76.5 Å². The standard InChI is InChI=1S/C22H22FN3O4S3/c23-18-5-1-16(2-6-18)13-31-14-19-15-32-22(24-19)25-21(27)17-3-7-20(8-4-17)33(28,29)26-9-11-30-12-10-26/h1-8,15H,9-14H2,(H,24,25,27). The summed E-state index contributed by atoms with van der Waals surface area (Å²) < 4.78 is 45.0. The molecule has 2 heterocycles. The Morgan fingerprint density at radius 2 is 1.79 bits per heavy atom. The number of ether oxygens (including phenoxy) is 1. The zero-order valence-electron chi connectivity index (χ0n) is 17.6. The molecule has 4 rings (SSSR count). The number of benzene rings is 2. The Morgan fingerprint density at radius 1 is 1.09 bits per heavy atom. The molecule has 174 valence electrons. The monoisotopic (exact) mass is 507 g/mol. The quantitative estimate of drug-likeness (QED) is 0.496. The summed E-state index contributed by atoms with van der Waals surface area (Å²) in [5.74, 6) is 0.791. The largest absolute Gasteiger partial charge is 0.379 e. The number of anilines is 1. The summed E-state index contributed by atoms with van der Waals surface area (Å²) in [6, 6.07) is 12.3. The molecule has 33 heavy (non-hydrogen) atoms. The molecular formula is C22H22FN3O4S3. The number of thioether (sulfide) groups is 1. The number of hydrogen-bond donors (Lipinski definition) is 1. The van der Waals surface area contributed by atoms with E-state index in [0.717, 1.165) is 17.0 Å². The highest BCUT2D eigenvalue weighted by molar-refractivity contribution is 7.97. The molecule has 1 amide bonds. The van der Waals surface area contributed by atoms with Crippen LogP contribution in [0.2, 0.25) is 0 Å². The number of amides is 1. The summed E-state index contributed by atoms with van der Waals surface area (Å²) in [6.07, 6.45) is 0. The highest BCUT2D eigenvalue weighted by Crippen LogP contribution is 2.23. The Hall–Kier alpha value is -2.31. The molecule has 0 aliphatic carbocycles. The van der Waals surface area contributed by atoms with E-state index in [9.17, 15) is 17.6 Å². The molecule has 0 atom stereocenters. The van der Waals surface area contributed by atoms with Gasteiger partial charge in [-0.3, -0.25) is 10.1 Å². The van der Waals surface area contributed by atoms with Gasteiger partial charge in [-0.25, -0.2) is 17.8 Å². The molecule has 7 nitrogen and oxygen atoms in total. The molecule has 1 aromatic heterocycles. The fourth-order valence-electron chi connectivity index (χ4n) is 3.17. The smallest absolute Gasteiger partial charge is 0.257 e. The Labute approximate surface area is 200 Å². The van der Waals surface area contributed by atoms with Crippen LogP contribution >= 0.6 is 23.1 Å². The van der Waals surface area contributed by atoms with E-state index in [2.05, 4.69) is 10.3 Å². The molecule has 11 heteroatoms. The Morgan fingerprint density at radius 3 is 2.48 bits per heavy atom. The molecule has 1 N–H and O–H groups in total. The van der Waals surface area contributed by atoms with Crippen LogP contribution in [0.4, 0.5) is 9.52 Å². The first-order chi connectivity index (χ1) is 15.9. The van der Waals surface area contributed by atoms with Gasteiger partial charge in [0.05, 0.1) is 23.8 Å². The van der Waals surface area contributed by atoms with E-state index in [4.69, 9.17) is 4.74 Å². The molecule has 1 aliphatic heterocycles. The van der Waals surface area contributed by atoms with Crippen LogP contribution in [-0.4, -0.2) is 49.9 Å². The summed E-state index contributed by atoms with van der Waals surface area (Å²) in [5.41, 5.74) is 2.22. The number of thiazole rings is 1. The van der Waals surface area contributed by atoms with Gasteiger partial charge in [0.1, 0.15) is 5.82 Å². The number of rotatable bonds is 8. The first-order valence-electron chi connectivity index (χ1n) is 10.2. The number of hydrogen-bond acceptors (Lipinski definition) is 7. The van der Waals surface area contributed by atoms with Crippen LogP contribution in [0.15, 0.2) is 58.8 Å². The molecule has 0 saturated carbocycles. The van der Waals surface area contributed by atoms with Crippen LogP contribution in [0.5, 0.6) is 0 Å². The lowest BCUT2D eigenvalue weighted by atomic mass is 10.2. The van der Waals surface area contributed by atoms with E-state index < -0.39 is 10.0 Å². The molecule has 1 fully saturated rings. The second-order valence-corrected chi connectivity index (χ2v) is 11.0. The number of halogens is 1. The van der Waals surface area contributed by atoms with Gasteiger partial charge in [0, 0.05) is 35.5 Å². The third kappa shape index (κ3) is 6.18. The number of nitrogens with zero attached hydrogens (tertiary/aromatic N) is 2. The predicted octanol–water partition coefficient (Wildman–Crippen LogP) is 3.99. The minimum absolute atomic E-state index is 0.149. The van der Waals surface area contributed by atoms with Gasteiger partial charge in [-0.05, 0) is 42.0 Å². The van der Waals surface area contributed by atoms with E-state index in [-0.39, 0.29) is 16.6 Å². The summed E-state index contributed by atoms with van der Waals surface area (Å²) in [4.78, 5) is 17.1. The molecule has 1 aliphatic rings. The van der Waals surface area contributed by atoms with Gasteiger partial charge in [0.2, 0.25) is 10.0 Å². The van der Waals surface area contributed by atoms with Crippen molar-refractivity contribution in [1.29, 1.82) is 0 Å². The first-order valence-corrected chi connectivity index (χ1v) is 13.7. The van der Waals surface area contributed by atoms with Crippen molar-refractivity contribution in [2.24, 2.45) is 0 Å². The maximum Gasteiger partial charge on any atom is 0.257 e. The Balaban J connectivity index is 1.31. The number of carbonyl (C=O) groups is 1. The Bertz CT molecular complexity index is 1190. The molecule has 0 radical (unpaired) electrons. The van der Waals surface area contributed by atoms with Gasteiger partial charge >= 0.3 is 0 Å². The van der Waals surface area contributed by atoms with Crippen molar-refractivity contribution in [3.63, 3.8) is 0 Å². The summed E-state index contributed by atoms with van der Waals surface area (Å²) in [7, 11) is -3.60. The maximum absolute atomic E-state index is 13.0. The molecule has 0 bridgehead atoms. The molecule has 1 saturated heterocycles. The number of morpholine rings is 1. The SMILES string of the molecule is O=C(Nc1nc(CSCc2ccc(F)cc2)cs1)c1ccc(S(=O)(=O)N2CCOCC2)cc1.